The van der Waals surface area contributed by atoms with Crippen molar-refractivity contribution in [2.75, 3.05) is 33.2 Å². The summed E-state index contributed by atoms with van der Waals surface area (Å²) in [5.41, 5.74) is 6.37. The molecule has 1 heterocycles. The molecule has 0 spiro atoms. The first-order valence-corrected chi connectivity index (χ1v) is 6.98. The van der Waals surface area contributed by atoms with Gasteiger partial charge in [0.1, 0.15) is 0 Å². The molecule has 0 aliphatic carbocycles. The van der Waals surface area contributed by atoms with Crippen molar-refractivity contribution in [1.82, 2.24) is 9.80 Å². The summed E-state index contributed by atoms with van der Waals surface area (Å²) in [5, 5.41) is 0. The van der Waals surface area contributed by atoms with Crippen molar-refractivity contribution in [1.29, 1.82) is 0 Å². The molecule has 2 atom stereocenters. The van der Waals surface area contributed by atoms with Gasteiger partial charge in [-0.2, -0.15) is 0 Å². The Hall–Kier alpha value is -0.120. The van der Waals surface area contributed by atoms with Gasteiger partial charge in [0.05, 0.1) is 0 Å². The van der Waals surface area contributed by atoms with Crippen LogP contribution in [0.25, 0.3) is 0 Å². The van der Waals surface area contributed by atoms with Gasteiger partial charge in [-0.1, -0.05) is 20.8 Å². The molecule has 1 saturated heterocycles. The molecule has 0 aromatic carbocycles. The fourth-order valence-electron chi connectivity index (χ4n) is 2.98. The minimum Gasteiger partial charge on any atom is -0.329 e. The molecule has 3 nitrogen and oxygen atoms in total. The number of likely N-dealkylation sites (N-methyl/N-ethyl adjacent to an activating group) is 1. The van der Waals surface area contributed by atoms with E-state index >= 15 is 0 Å². The first-order valence-electron chi connectivity index (χ1n) is 6.98. The van der Waals surface area contributed by atoms with E-state index in [1.54, 1.807) is 0 Å². The van der Waals surface area contributed by atoms with Crippen LogP contribution in [0.3, 0.4) is 0 Å². The maximum atomic E-state index is 6.00. The minimum atomic E-state index is 0.363. The summed E-state index contributed by atoms with van der Waals surface area (Å²) in [6.45, 7) is 13.6. The summed E-state index contributed by atoms with van der Waals surface area (Å²) >= 11 is 0. The van der Waals surface area contributed by atoms with Crippen LogP contribution in [0, 0.1) is 5.41 Å². The smallest absolute Gasteiger partial charge is 0.0226 e. The number of hydrogen-bond donors (Lipinski definition) is 1. The summed E-state index contributed by atoms with van der Waals surface area (Å²) in [4.78, 5) is 5.07. The third-order valence-electron chi connectivity index (χ3n) is 3.69. The average Bonchev–Trinajstić information content (AvgIpc) is 2.34. The van der Waals surface area contributed by atoms with Crippen LogP contribution in [0.15, 0.2) is 0 Å². The number of rotatable bonds is 3. The molecule has 3 heteroatoms. The Morgan fingerprint density at radius 3 is 2.47 bits per heavy atom. The third kappa shape index (κ3) is 4.94. The van der Waals surface area contributed by atoms with Crippen LogP contribution in [-0.4, -0.2) is 55.1 Å². The minimum absolute atomic E-state index is 0.363. The molecule has 1 rings (SSSR count). The normalized spacial score (nSPS) is 26.8. The van der Waals surface area contributed by atoms with Crippen molar-refractivity contribution in [3.63, 3.8) is 0 Å². The predicted octanol–water partition coefficient (Wildman–Crippen LogP) is 1.78. The van der Waals surface area contributed by atoms with E-state index in [1.165, 1.54) is 32.5 Å². The number of nitrogens with two attached hydrogens (primary N) is 1. The van der Waals surface area contributed by atoms with Crippen molar-refractivity contribution in [2.24, 2.45) is 11.1 Å². The number of hydrogen-bond acceptors (Lipinski definition) is 3. The monoisotopic (exact) mass is 241 g/mol. The molecule has 0 aromatic rings. The second kappa shape index (κ2) is 6.17. The Morgan fingerprint density at radius 2 is 1.94 bits per heavy atom. The van der Waals surface area contributed by atoms with Crippen LogP contribution in [0.2, 0.25) is 0 Å². The molecule has 0 bridgehead atoms. The maximum absolute atomic E-state index is 6.00. The Labute approximate surface area is 107 Å². The maximum Gasteiger partial charge on any atom is 0.0226 e. The summed E-state index contributed by atoms with van der Waals surface area (Å²) in [6.07, 6.45) is 2.46. The SMILES string of the molecule is CC1CN(C)CCCN1C(CN)CC(C)(C)C. The Bertz CT molecular complexity index is 222. The fraction of sp³-hybridized carbons (Fsp3) is 1.00. The highest BCUT2D eigenvalue weighted by Gasteiger charge is 2.28. The summed E-state index contributed by atoms with van der Waals surface area (Å²) in [7, 11) is 2.22. The predicted molar refractivity (Wildman–Crippen MR) is 75.2 cm³/mol. The van der Waals surface area contributed by atoms with E-state index in [1.807, 2.05) is 0 Å². The van der Waals surface area contributed by atoms with E-state index in [0.717, 1.165) is 6.54 Å². The van der Waals surface area contributed by atoms with Gasteiger partial charge in [0.15, 0.2) is 0 Å². The van der Waals surface area contributed by atoms with E-state index < -0.39 is 0 Å². The van der Waals surface area contributed by atoms with Gasteiger partial charge in [-0.25, -0.2) is 0 Å². The second-order valence-corrected chi connectivity index (χ2v) is 6.86. The lowest BCUT2D eigenvalue weighted by molar-refractivity contribution is 0.113. The topological polar surface area (TPSA) is 32.5 Å². The Balaban J connectivity index is 2.66. The molecular formula is C14H31N3. The van der Waals surface area contributed by atoms with Crippen LogP contribution in [0.1, 0.15) is 40.5 Å². The molecule has 0 amide bonds. The van der Waals surface area contributed by atoms with E-state index in [-0.39, 0.29) is 0 Å². The van der Waals surface area contributed by atoms with Gasteiger partial charge in [-0.05, 0) is 38.8 Å². The fourth-order valence-corrected chi connectivity index (χ4v) is 2.98. The van der Waals surface area contributed by atoms with Gasteiger partial charge >= 0.3 is 0 Å². The summed E-state index contributed by atoms with van der Waals surface area (Å²) < 4.78 is 0. The lowest BCUT2D eigenvalue weighted by Gasteiger charge is -2.38. The van der Waals surface area contributed by atoms with Gasteiger partial charge in [0.25, 0.3) is 0 Å². The molecular weight excluding hydrogens is 210 g/mol. The van der Waals surface area contributed by atoms with Crippen molar-refractivity contribution in [3.8, 4) is 0 Å². The highest BCUT2D eigenvalue weighted by molar-refractivity contribution is 4.84. The quantitative estimate of drug-likeness (QED) is 0.817. The Kier molecular flexibility index (Phi) is 5.42. The largest absolute Gasteiger partial charge is 0.329 e. The zero-order valence-corrected chi connectivity index (χ0v) is 12.4. The van der Waals surface area contributed by atoms with Gasteiger partial charge in [-0.3, -0.25) is 4.90 Å². The van der Waals surface area contributed by atoms with Crippen LogP contribution >= 0.6 is 0 Å². The average molecular weight is 241 g/mol. The third-order valence-corrected chi connectivity index (χ3v) is 3.69. The molecule has 17 heavy (non-hydrogen) atoms. The lowest BCUT2D eigenvalue weighted by Crippen LogP contribution is -2.49. The van der Waals surface area contributed by atoms with Gasteiger partial charge < -0.3 is 10.6 Å². The first-order chi connectivity index (χ1) is 7.83. The van der Waals surface area contributed by atoms with Crippen LogP contribution < -0.4 is 5.73 Å². The van der Waals surface area contributed by atoms with Crippen molar-refractivity contribution in [3.05, 3.63) is 0 Å². The Morgan fingerprint density at radius 1 is 1.29 bits per heavy atom. The zero-order valence-electron chi connectivity index (χ0n) is 12.4. The molecule has 102 valence electrons. The molecule has 0 saturated carbocycles. The number of nitrogens with zero attached hydrogens (tertiary/aromatic N) is 2. The van der Waals surface area contributed by atoms with E-state index in [0.29, 0.717) is 17.5 Å². The van der Waals surface area contributed by atoms with Gasteiger partial charge in [0, 0.05) is 31.7 Å². The van der Waals surface area contributed by atoms with Crippen molar-refractivity contribution < 1.29 is 0 Å². The van der Waals surface area contributed by atoms with E-state index in [4.69, 9.17) is 5.73 Å². The van der Waals surface area contributed by atoms with E-state index in [2.05, 4.69) is 44.5 Å². The second-order valence-electron chi connectivity index (χ2n) is 6.86. The standard InChI is InChI=1S/C14H31N3/c1-12-11-16(5)7-6-8-17(12)13(10-15)9-14(2,3)4/h12-13H,6-11,15H2,1-5H3. The molecule has 1 aliphatic rings. The summed E-state index contributed by atoms with van der Waals surface area (Å²) in [5.74, 6) is 0. The van der Waals surface area contributed by atoms with E-state index in [9.17, 15) is 0 Å². The molecule has 2 unspecified atom stereocenters. The first kappa shape index (κ1) is 14.9. The highest BCUT2D eigenvalue weighted by atomic mass is 15.2. The molecule has 2 N–H and O–H groups in total. The van der Waals surface area contributed by atoms with Crippen LogP contribution in [0.4, 0.5) is 0 Å². The van der Waals surface area contributed by atoms with Crippen molar-refractivity contribution >= 4 is 0 Å². The molecule has 1 fully saturated rings. The highest BCUT2D eigenvalue weighted by Crippen LogP contribution is 2.25. The van der Waals surface area contributed by atoms with Gasteiger partial charge in [0.2, 0.25) is 0 Å². The molecule has 0 radical (unpaired) electrons. The molecule has 1 aliphatic heterocycles. The molecule has 0 aromatic heterocycles. The van der Waals surface area contributed by atoms with Crippen molar-refractivity contribution in [2.45, 2.75) is 52.6 Å². The van der Waals surface area contributed by atoms with Crippen LogP contribution in [0.5, 0.6) is 0 Å². The lowest BCUT2D eigenvalue weighted by atomic mass is 9.87. The summed E-state index contributed by atoms with van der Waals surface area (Å²) in [6, 6.07) is 1.16. The van der Waals surface area contributed by atoms with Gasteiger partial charge in [-0.15, -0.1) is 0 Å². The zero-order chi connectivity index (χ0) is 13.1. The van der Waals surface area contributed by atoms with Crippen LogP contribution in [-0.2, 0) is 0 Å².